The van der Waals surface area contributed by atoms with Crippen LogP contribution in [0.5, 0.6) is 0 Å². The monoisotopic (exact) mass is 239 g/mol. The number of likely N-dealkylation sites (tertiary alicyclic amines) is 1. The van der Waals surface area contributed by atoms with Crippen LogP contribution in [0, 0.1) is 0 Å². The highest BCUT2D eigenvalue weighted by Crippen LogP contribution is 2.18. The van der Waals surface area contributed by atoms with E-state index in [1.54, 1.807) is 10.4 Å². The molecule has 0 bridgehead atoms. The lowest BCUT2D eigenvalue weighted by Crippen LogP contribution is -2.44. The lowest BCUT2D eigenvalue weighted by atomic mass is 10.2. The van der Waals surface area contributed by atoms with Crippen LogP contribution in [-0.2, 0) is 16.0 Å². The molecule has 16 heavy (non-hydrogen) atoms. The Labute approximate surface area is 97.3 Å². The molecule has 0 saturated carbocycles. The number of carbonyl (C=O) groups is 2. The maximum absolute atomic E-state index is 11.9. The Morgan fingerprint density at radius 2 is 2.44 bits per heavy atom. The van der Waals surface area contributed by atoms with Crippen molar-refractivity contribution in [1.29, 1.82) is 0 Å². The topological polar surface area (TPSA) is 76.3 Å². The van der Waals surface area contributed by atoms with E-state index >= 15 is 0 Å². The van der Waals surface area contributed by atoms with E-state index in [0.717, 1.165) is 12.1 Å². The number of carbonyl (C=O) groups excluding carboxylic acids is 2. The minimum Gasteiger partial charge on any atom is -0.368 e. The average Bonchev–Trinajstić information content (AvgIpc) is 2.86. The number of thiazole rings is 1. The third kappa shape index (κ3) is 2.21. The smallest absolute Gasteiger partial charge is 0.240 e. The molecule has 2 amide bonds. The first-order valence-electron chi connectivity index (χ1n) is 5.14. The van der Waals surface area contributed by atoms with Gasteiger partial charge < -0.3 is 10.6 Å². The zero-order valence-electron chi connectivity index (χ0n) is 8.76. The molecule has 1 fully saturated rings. The van der Waals surface area contributed by atoms with Crippen LogP contribution < -0.4 is 5.73 Å². The molecule has 0 aromatic carbocycles. The highest BCUT2D eigenvalue weighted by atomic mass is 32.1. The molecule has 5 nitrogen and oxygen atoms in total. The molecular formula is C10H13N3O2S. The predicted octanol–water partition coefficient (Wildman–Crippen LogP) is 0.162. The molecule has 1 aromatic heterocycles. The summed E-state index contributed by atoms with van der Waals surface area (Å²) in [6.45, 7) is 0.622. The van der Waals surface area contributed by atoms with Crippen molar-refractivity contribution >= 4 is 23.2 Å². The van der Waals surface area contributed by atoms with Gasteiger partial charge in [-0.25, -0.2) is 4.98 Å². The van der Waals surface area contributed by atoms with Gasteiger partial charge in [0, 0.05) is 11.9 Å². The fraction of sp³-hybridized carbons (Fsp3) is 0.500. The molecule has 1 aromatic rings. The first kappa shape index (κ1) is 11.1. The summed E-state index contributed by atoms with van der Waals surface area (Å²) in [6.07, 6.45) is 1.78. The molecule has 1 saturated heterocycles. The van der Waals surface area contributed by atoms with E-state index in [1.165, 1.54) is 11.3 Å². The van der Waals surface area contributed by atoms with Crippen molar-refractivity contribution in [3.63, 3.8) is 0 Å². The summed E-state index contributed by atoms with van der Waals surface area (Å²) in [5.41, 5.74) is 7.70. The zero-order chi connectivity index (χ0) is 11.5. The van der Waals surface area contributed by atoms with E-state index in [4.69, 9.17) is 5.73 Å². The van der Waals surface area contributed by atoms with Gasteiger partial charge in [0.25, 0.3) is 0 Å². The minimum atomic E-state index is -0.425. The molecule has 1 unspecified atom stereocenters. The van der Waals surface area contributed by atoms with E-state index < -0.39 is 11.9 Å². The van der Waals surface area contributed by atoms with E-state index in [-0.39, 0.29) is 12.3 Å². The Hall–Kier alpha value is -1.43. The number of nitrogens with two attached hydrogens (primary N) is 1. The summed E-state index contributed by atoms with van der Waals surface area (Å²) >= 11 is 1.46. The molecule has 1 aliphatic rings. The Morgan fingerprint density at radius 3 is 3.06 bits per heavy atom. The minimum absolute atomic E-state index is 0.0628. The Balaban J connectivity index is 2.01. The van der Waals surface area contributed by atoms with Gasteiger partial charge in [0.05, 0.1) is 17.6 Å². The third-order valence-corrected chi connectivity index (χ3v) is 3.35. The lowest BCUT2D eigenvalue weighted by Gasteiger charge is -2.21. The van der Waals surface area contributed by atoms with Crippen molar-refractivity contribution in [2.24, 2.45) is 5.73 Å². The van der Waals surface area contributed by atoms with Crippen molar-refractivity contribution in [2.45, 2.75) is 25.3 Å². The standard InChI is InChI=1S/C10H13N3O2S/c11-10(15)8-2-1-3-13(8)9(14)4-7-5-16-6-12-7/h5-6,8H,1-4H2,(H2,11,15). The third-order valence-electron chi connectivity index (χ3n) is 2.72. The second-order valence-corrected chi connectivity index (χ2v) is 4.52. The fourth-order valence-electron chi connectivity index (χ4n) is 1.94. The molecule has 0 radical (unpaired) electrons. The van der Waals surface area contributed by atoms with Gasteiger partial charge in [-0.3, -0.25) is 9.59 Å². The van der Waals surface area contributed by atoms with Gasteiger partial charge in [0.1, 0.15) is 6.04 Å². The van der Waals surface area contributed by atoms with Crippen molar-refractivity contribution in [3.8, 4) is 0 Å². The number of hydrogen-bond donors (Lipinski definition) is 1. The van der Waals surface area contributed by atoms with E-state index in [9.17, 15) is 9.59 Å². The Morgan fingerprint density at radius 1 is 1.62 bits per heavy atom. The number of amides is 2. The summed E-state index contributed by atoms with van der Waals surface area (Å²) in [4.78, 5) is 28.7. The predicted molar refractivity (Wildman–Crippen MR) is 59.7 cm³/mol. The Bertz CT molecular complexity index is 391. The number of hydrogen-bond acceptors (Lipinski definition) is 4. The van der Waals surface area contributed by atoms with Crippen molar-refractivity contribution in [3.05, 3.63) is 16.6 Å². The van der Waals surface area contributed by atoms with Gasteiger partial charge in [-0.1, -0.05) is 0 Å². The molecule has 2 N–H and O–H groups in total. The van der Waals surface area contributed by atoms with Gasteiger partial charge in [-0.05, 0) is 12.8 Å². The first-order valence-corrected chi connectivity index (χ1v) is 6.08. The number of primary amides is 1. The highest BCUT2D eigenvalue weighted by molar-refractivity contribution is 7.07. The summed E-state index contributed by atoms with van der Waals surface area (Å²) in [5, 5.41) is 1.84. The zero-order valence-corrected chi connectivity index (χ0v) is 9.57. The van der Waals surface area contributed by atoms with Crippen LogP contribution >= 0.6 is 11.3 Å². The quantitative estimate of drug-likeness (QED) is 0.816. The number of aromatic nitrogens is 1. The fourth-order valence-corrected chi connectivity index (χ4v) is 2.50. The lowest BCUT2D eigenvalue weighted by molar-refractivity contribution is -0.136. The first-order chi connectivity index (χ1) is 7.68. The van der Waals surface area contributed by atoms with Crippen molar-refractivity contribution < 1.29 is 9.59 Å². The molecule has 86 valence electrons. The van der Waals surface area contributed by atoms with Crippen molar-refractivity contribution in [1.82, 2.24) is 9.88 Å². The van der Waals surface area contributed by atoms with Gasteiger partial charge >= 0.3 is 0 Å². The summed E-state index contributed by atoms with van der Waals surface area (Å²) < 4.78 is 0. The van der Waals surface area contributed by atoms with Crippen molar-refractivity contribution in [2.75, 3.05) is 6.54 Å². The SMILES string of the molecule is NC(=O)C1CCCN1C(=O)Cc1cscn1. The van der Waals surface area contributed by atoms with Crippen LogP contribution in [0.2, 0.25) is 0 Å². The molecule has 6 heteroatoms. The maximum Gasteiger partial charge on any atom is 0.240 e. The van der Waals surface area contributed by atoms with Gasteiger partial charge in [-0.2, -0.15) is 0 Å². The molecule has 0 spiro atoms. The van der Waals surface area contributed by atoms with E-state index in [1.807, 2.05) is 5.38 Å². The van der Waals surface area contributed by atoms with E-state index in [2.05, 4.69) is 4.98 Å². The van der Waals surface area contributed by atoms with Crippen LogP contribution in [-0.4, -0.2) is 34.3 Å². The molecule has 2 rings (SSSR count). The summed E-state index contributed by atoms with van der Waals surface area (Å²) in [6, 6.07) is -0.425. The van der Waals surface area contributed by atoms with Crippen LogP contribution in [0.15, 0.2) is 10.9 Å². The van der Waals surface area contributed by atoms with Gasteiger partial charge in [-0.15, -0.1) is 11.3 Å². The molecular weight excluding hydrogens is 226 g/mol. The largest absolute Gasteiger partial charge is 0.368 e. The van der Waals surface area contributed by atoms with E-state index in [0.29, 0.717) is 13.0 Å². The van der Waals surface area contributed by atoms with Crippen LogP contribution in [0.25, 0.3) is 0 Å². The van der Waals surface area contributed by atoms with Crippen LogP contribution in [0.4, 0.5) is 0 Å². The van der Waals surface area contributed by atoms with Gasteiger partial charge in [0.15, 0.2) is 0 Å². The second-order valence-electron chi connectivity index (χ2n) is 3.80. The summed E-state index contributed by atoms with van der Waals surface area (Å²) in [5.74, 6) is -0.476. The number of nitrogens with zero attached hydrogens (tertiary/aromatic N) is 2. The highest BCUT2D eigenvalue weighted by Gasteiger charge is 2.32. The normalized spacial score (nSPS) is 20.0. The molecule has 1 aliphatic heterocycles. The molecule has 1 atom stereocenters. The number of rotatable bonds is 3. The van der Waals surface area contributed by atoms with Crippen LogP contribution in [0.1, 0.15) is 18.5 Å². The van der Waals surface area contributed by atoms with Gasteiger partial charge in [0.2, 0.25) is 11.8 Å². The molecule has 2 heterocycles. The average molecular weight is 239 g/mol. The second kappa shape index (κ2) is 4.61. The molecule has 0 aliphatic carbocycles. The Kier molecular flexibility index (Phi) is 3.19. The summed E-state index contributed by atoms with van der Waals surface area (Å²) in [7, 11) is 0. The maximum atomic E-state index is 11.9. The van der Waals surface area contributed by atoms with Crippen LogP contribution in [0.3, 0.4) is 0 Å².